The normalized spacial score (nSPS) is 10.6. The lowest BCUT2D eigenvalue weighted by Crippen LogP contribution is -1.65. The minimum atomic E-state index is 0.778. The first-order chi connectivity index (χ1) is 3.91. The Kier molecular flexibility index (Phi) is 6.64. The van der Waals surface area contributed by atoms with Gasteiger partial charge in [-0.05, 0) is 12.8 Å². The van der Waals surface area contributed by atoms with E-state index < -0.39 is 0 Å². The van der Waals surface area contributed by atoms with Crippen molar-refractivity contribution < 1.29 is 0 Å². The topological polar surface area (TPSA) is 0 Å². The summed E-state index contributed by atoms with van der Waals surface area (Å²) in [5.74, 6) is 0. The van der Waals surface area contributed by atoms with Gasteiger partial charge in [-0.3, -0.25) is 0 Å². The van der Waals surface area contributed by atoms with E-state index in [1.165, 1.54) is 12.8 Å². The molecule has 0 aliphatic rings. The molecule has 0 amide bonds. The molecule has 0 unspecified atom stereocenters. The van der Waals surface area contributed by atoms with Gasteiger partial charge in [0.05, 0.1) is 7.85 Å². The molecule has 0 aromatic carbocycles. The fraction of sp³-hybridized carbons (Fsp3) is 0.714. The van der Waals surface area contributed by atoms with Gasteiger partial charge in [-0.2, -0.15) is 0 Å². The van der Waals surface area contributed by atoms with Crippen molar-refractivity contribution in [2.75, 3.05) is 0 Å². The van der Waals surface area contributed by atoms with E-state index in [0.717, 1.165) is 12.7 Å². The first-order valence-corrected chi connectivity index (χ1v) is 3.27. The lowest BCUT2D eigenvalue weighted by Gasteiger charge is -1.83. The lowest BCUT2D eigenvalue weighted by molar-refractivity contribution is 0.951. The largest absolute Gasteiger partial charge is 0.0893 e. The van der Waals surface area contributed by atoms with Crippen LogP contribution in [0.2, 0.25) is 6.32 Å². The SMILES string of the molecule is [B]CCC=CCCC. The highest BCUT2D eigenvalue weighted by Crippen LogP contribution is 1.92. The van der Waals surface area contributed by atoms with Gasteiger partial charge < -0.3 is 0 Å². The van der Waals surface area contributed by atoms with Crippen molar-refractivity contribution in [2.45, 2.75) is 32.5 Å². The average molecular weight is 108 g/mol. The number of hydrogen-bond donors (Lipinski definition) is 0. The zero-order chi connectivity index (χ0) is 6.24. The molecule has 1 heteroatoms. The van der Waals surface area contributed by atoms with Crippen molar-refractivity contribution in [1.82, 2.24) is 0 Å². The molecule has 0 rings (SSSR count). The fourth-order valence-electron chi connectivity index (χ4n) is 0.499. The summed E-state index contributed by atoms with van der Waals surface area (Å²) in [6.45, 7) is 2.17. The summed E-state index contributed by atoms with van der Waals surface area (Å²) in [4.78, 5) is 0. The third kappa shape index (κ3) is 5.80. The average Bonchev–Trinajstić information content (AvgIpc) is 1.81. The summed E-state index contributed by atoms with van der Waals surface area (Å²) in [7, 11) is 5.26. The Hall–Kier alpha value is -0.195. The van der Waals surface area contributed by atoms with E-state index in [-0.39, 0.29) is 0 Å². The highest BCUT2D eigenvalue weighted by Gasteiger charge is 1.72. The molecule has 8 heavy (non-hydrogen) atoms. The molecule has 0 saturated heterocycles. The minimum absolute atomic E-state index is 0.778. The molecule has 0 fully saturated rings. The van der Waals surface area contributed by atoms with Crippen LogP contribution in [0.15, 0.2) is 12.2 Å². The van der Waals surface area contributed by atoms with Crippen molar-refractivity contribution in [3.05, 3.63) is 12.2 Å². The van der Waals surface area contributed by atoms with Crippen LogP contribution in [0.1, 0.15) is 26.2 Å². The summed E-state index contributed by atoms with van der Waals surface area (Å²) in [6, 6.07) is 0. The van der Waals surface area contributed by atoms with E-state index in [0.29, 0.717) is 0 Å². The lowest BCUT2D eigenvalue weighted by atomic mass is 10.0. The first kappa shape index (κ1) is 7.80. The van der Waals surface area contributed by atoms with E-state index in [9.17, 15) is 0 Å². The number of rotatable bonds is 4. The summed E-state index contributed by atoms with van der Waals surface area (Å²) < 4.78 is 0. The quantitative estimate of drug-likeness (QED) is 0.383. The van der Waals surface area contributed by atoms with Crippen LogP contribution in [-0.4, -0.2) is 7.85 Å². The van der Waals surface area contributed by atoms with Gasteiger partial charge in [-0.15, -0.1) is 0 Å². The van der Waals surface area contributed by atoms with E-state index in [2.05, 4.69) is 19.1 Å². The Morgan fingerprint density at radius 3 is 2.38 bits per heavy atom. The van der Waals surface area contributed by atoms with Gasteiger partial charge >= 0.3 is 0 Å². The third-order valence-corrected chi connectivity index (χ3v) is 0.955. The highest BCUT2D eigenvalue weighted by atomic mass is 13.8. The Morgan fingerprint density at radius 2 is 1.88 bits per heavy atom. The van der Waals surface area contributed by atoms with Crippen molar-refractivity contribution in [1.29, 1.82) is 0 Å². The molecule has 0 N–H and O–H groups in total. The number of unbranched alkanes of at least 4 members (excludes halogenated alkanes) is 1. The van der Waals surface area contributed by atoms with Crippen LogP contribution in [0.5, 0.6) is 0 Å². The second-order valence-corrected chi connectivity index (χ2v) is 1.84. The summed E-state index contributed by atoms with van der Waals surface area (Å²) in [6.07, 6.45) is 8.57. The smallest absolute Gasteiger partial charge is 0.0657 e. The van der Waals surface area contributed by atoms with Crippen molar-refractivity contribution in [2.24, 2.45) is 0 Å². The van der Waals surface area contributed by atoms with Gasteiger partial charge in [0.15, 0.2) is 0 Å². The molecule has 0 aromatic rings. The van der Waals surface area contributed by atoms with Crippen molar-refractivity contribution >= 4 is 7.85 Å². The third-order valence-electron chi connectivity index (χ3n) is 0.955. The molecule has 0 aliphatic heterocycles. The minimum Gasteiger partial charge on any atom is -0.0893 e. The van der Waals surface area contributed by atoms with Gasteiger partial charge in [-0.1, -0.05) is 31.8 Å². The van der Waals surface area contributed by atoms with Crippen LogP contribution >= 0.6 is 0 Å². The van der Waals surface area contributed by atoms with Crippen molar-refractivity contribution in [3.8, 4) is 0 Å². The first-order valence-electron chi connectivity index (χ1n) is 3.27. The Morgan fingerprint density at radius 1 is 1.25 bits per heavy atom. The van der Waals surface area contributed by atoms with E-state index in [1.807, 2.05) is 0 Å². The maximum absolute atomic E-state index is 5.26. The van der Waals surface area contributed by atoms with E-state index in [1.54, 1.807) is 0 Å². The molecule has 0 aromatic heterocycles. The molecule has 0 spiro atoms. The predicted octanol–water partition coefficient (Wildman–Crippen LogP) is 2.32. The van der Waals surface area contributed by atoms with Crippen LogP contribution in [0, 0.1) is 0 Å². The molecule has 0 heterocycles. The molecule has 0 saturated carbocycles. The molecule has 0 bridgehead atoms. The molecule has 2 radical (unpaired) electrons. The number of hydrogen-bond acceptors (Lipinski definition) is 0. The molecule has 0 nitrogen and oxygen atoms in total. The second-order valence-electron chi connectivity index (χ2n) is 1.84. The van der Waals surface area contributed by atoms with E-state index in [4.69, 9.17) is 7.85 Å². The Bertz CT molecular complexity index is 49.4. The molecular formula is C7H13B. The maximum Gasteiger partial charge on any atom is 0.0657 e. The fourth-order valence-corrected chi connectivity index (χ4v) is 0.499. The molecule has 44 valence electrons. The molecule has 0 aliphatic carbocycles. The number of allylic oxidation sites excluding steroid dienone is 2. The monoisotopic (exact) mass is 108 g/mol. The summed E-state index contributed by atoms with van der Waals surface area (Å²) >= 11 is 0. The van der Waals surface area contributed by atoms with Gasteiger partial charge in [-0.25, -0.2) is 0 Å². The van der Waals surface area contributed by atoms with Gasteiger partial charge in [0.2, 0.25) is 0 Å². The highest BCUT2D eigenvalue weighted by molar-refractivity contribution is 6.08. The van der Waals surface area contributed by atoms with Gasteiger partial charge in [0.1, 0.15) is 0 Å². The van der Waals surface area contributed by atoms with Crippen LogP contribution in [0.3, 0.4) is 0 Å². The Labute approximate surface area is 53.4 Å². The van der Waals surface area contributed by atoms with Crippen molar-refractivity contribution in [3.63, 3.8) is 0 Å². The second kappa shape index (κ2) is 6.80. The predicted molar refractivity (Wildman–Crippen MR) is 39.2 cm³/mol. The van der Waals surface area contributed by atoms with Crippen LogP contribution in [-0.2, 0) is 0 Å². The van der Waals surface area contributed by atoms with Gasteiger partial charge in [0.25, 0.3) is 0 Å². The standard InChI is InChI=1S/C7H13B/c1-2-3-4-5-6-7-8/h4-5H,2-3,6-7H2,1H3. The summed E-state index contributed by atoms with van der Waals surface area (Å²) in [5.41, 5.74) is 0. The maximum atomic E-state index is 5.26. The zero-order valence-corrected chi connectivity index (χ0v) is 5.56. The van der Waals surface area contributed by atoms with Crippen LogP contribution in [0.4, 0.5) is 0 Å². The zero-order valence-electron chi connectivity index (χ0n) is 5.56. The van der Waals surface area contributed by atoms with Gasteiger partial charge in [0, 0.05) is 0 Å². The summed E-state index contributed by atoms with van der Waals surface area (Å²) in [5, 5.41) is 0. The Balaban J connectivity index is 2.83. The molecule has 0 atom stereocenters. The van der Waals surface area contributed by atoms with Crippen LogP contribution in [0.25, 0.3) is 0 Å². The van der Waals surface area contributed by atoms with Crippen LogP contribution < -0.4 is 0 Å². The molecular weight excluding hydrogens is 94.9 g/mol. The van der Waals surface area contributed by atoms with E-state index >= 15 is 0 Å².